The number of nitrogens with zero attached hydrogens (tertiary/aromatic N) is 2. The maximum Gasteiger partial charge on any atom is 0.326 e. The molecule has 1 rings (SSSR count). The lowest BCUT2D eigenvalue weighted by Crippen LogP contribution is -2.50. The number of carbonyl (C=O) groups is 2. The first kappa shape index (κ1) is 19.1. The van der Waals surface area contributed by atoms with E-state index < -0.39 is 12.0 Å². The Balaban J connectivity index is 2.52. The van der Waals surface area contributed by atoms with Gasteiger partial charge in [0.2, 0.25) is 5.91 Å². The topological polar surface area (TPSA) is 82.5 Å². The van der Waals surface area contributed by atoms with Gasteiger partial charge in [0.05, 0.1) is 6.04 Å². The maximum atomic E-state index is 12.3. The lowest BCUT2D eigenvalue weighted by molar-refractivity contribution is -0.143. The Hall–Kier alpha value is -1.95. The second-order valence-corrected chi connectivity index (χ2v) is 6.29. The molecule has 0 saturated heterocycles. The minimum Gasteiger partial charge on any atom is -0.480 e. The molecule has 0 bridgehead atoms. The Morgan fingerprint density at radius 1 is 1.26 bits per heavy atom. The first-order chi connectivity index (χ1) is 10.8. The van der Waals surface area contributed by atoms with Gasteiger partial charge >= 0.3 is 5.97 Å². The van der Waals surface area contributed by atoms with E-state index in [1.54, 1.807) is 19.3 Å². The van der Waals surface area contributed by atoms with Crippen molar-refractivity contribution in [1.29, 1.82) is 0 Å². The summed E-state index contributed by atoms with van der Waals surface area (Å²) in [4.78, 5) is 29.4. The van der Waals surface area contributed by atoms with Crippen molar-refractivity contribution in [3.63, 3.8) is 0 Å². The third-order valence-electron chi connectivity index (χ3n) is 3.86. The predicted molar refractivity (Wildman–Crippen MR) is 89.1 cm³/mol. The van der Waals surface area contributed by atoms with Gasteiger partial charge < -0.3 is 10.4 Å². The summed E-state index contributed by atoms with van der Waals surface area (Å²) < 4.78 is 0. The third-order valence-corrected chi connectivity index (χ3v) is 3.86. The quantitative estimate of drug-likeness (QED) is 0.721. The van der Waals surface area contributed by atoms with Gasteiger partial charge in [-0.05, 0) is 50.4 Å². The molecule has 6 nitrogen and oxygen atoms in total. The van der Waals surface area contributed by atoms with Crippen LogP contribution in [-0.2, 0) is 16.0 Å². The Morgan fingerprint density at radius 3 is 2.39 bits per heavy atom. The van der Waals surface area contributed by atoms with Gasteiger partial charge in [0.1, 0.15) is 6.04 Å². The molecule has 1 aromatic rings. The number of likely N-dealkylation sites (N-methyl/N-ethyl adjacent to an activating group) is 1. The molecular formula is C17H27N3O3. The summed E-state index contributed by atoms with van der Waals surface area (Å²) in [5.41, 5.74) is 1.16. The molecule has 0 spiro atoms. The van der Waals surface area contributed by atoms with Crippen molar-refractivity contribution < 1.29 is 14.7 Å². The van der Waals surface area contributed by atoms with Crippen LogP contribution in [-0.4, -0.2) is 52.5 Å². The van der Waals surface area contributed by atoms with Crippen LogP contribution in [0.3, 0.4) is 0 Å². The summed E-state index contributed by atoms with van der Waals surface area (Å²) in [7, 11) is 1.86. The van der Waals surface area contributed by atoms with Gasteiger partial charge in [0.25, 0.3) is 0 Å². The fraction of sp³-hybridized carbons (Fsp3) is 0.588. The van der Waals surface area contributed by atoms with Gasteiger partial charge in [0.15, 0.2) is 0 Å². The number of rotatable bonds is 9. The lowest BCUT2D eigenvalue weighted by Gasteiger charge is -2.26. The minimum absolute atomic E-state index is 0.205. The highest BCUT2D eigenvalue weighted by molar-refractivity contribution is 5.86. The third kappa shape index (κ3) is 6.78. The Morgan fingerprint density at radius 2 is 1.87 bits per heavy atom. The van der Waals surface area contributed by atoms with Gasteiger partial charge in [-0.3, -0.25) is 14.7 Å². The van der Waals surface area contributed by atoms with Crippen LogP contribution in [0.1, 0.15) is 32.8 Å². The highest BCUT2D eigenvalue weighted by Crippen LogP contribution is 2.07. The highest BCUT2D eigenvalue weighted by atomic mass is 16.4. The van der Waals surface area contributed by atoms with E-state index in [0.29, 0.717) is 13.0 Å². The summed E-state index contributed by atoms with van der Waals surface area (Å²) >= 11 is 0. The molecule has 1 heterocycles. The largest absolute Gasteiger partial charge is 0.480 e. The smallest absolute Gasteiger partial charge is 0.326 e. The van der Waals surface area contributed by atoms with Crippen molar-refractivity contribution in [1.82, 2.24) is 15.2 Å². The van der Waals surface area contributed by atoms with Crippen molar-refractivity contribution in [3.05, 3.63) is 30.1 Å². The van der Waals surface area contributed by atoms with Gasteiger partial charge in [-0.25, -0.2) is 4.79 Å². The molecule has 0 aromatic carbocycles. The summed E-state index contributed by atoms with van der Waals surface area (Å²) in [6, 6.07) is 2.67. The number of amides is 1. The second kappa shape index (κ2) is 9.25. The van der Waals surface area contributed by atoms with E-state index in [-0.39, 0.29) is 17.9 Å². The number of carboxylic acids is 1. The molecule has 0 aliphatic carbocycles. The Bertz CT molecular complexity index is 505. The molecule has 0 saturated carbocycles. The Kier molecular flexibility index (Phi) is 7.68. The average molecular weight is 321 g/mol. The molecule has 2 unspecified atom stereocenters. The van der Waals surface area contributed by atoms with Gasteiger partial charge in [-0.2, -0.15) is 0 Å². The molecule has 0 radical (unpaired) electrons. The van der Waals surface area contributed by atoms with Crippen LogP contribution in [0.2, 0.25) is 0 Å². The molecule has 2 atom stereocenters. The van der Waals surface area contributed by atoms with E-state index >= 15 is 0 Å². The minimum atomic E-state index is -0.987. The number of carbonyl (C=O) groups excluding carboxylic acids is 1. The molecule has 1 amide bonds. The van der Waals surface area contributed by atoms with E-state index in [2.05, 4.69) is 10.3 Å². The van der Waals surface area contributed by atoms with Crippen LogP contribution < -0.4 is 5.32 Å². The number of nitrogens with one attached hydrogen (secondary N) is 1. The molecule has 0 aliphatic rings. The van der Waals surface area contributed by atoms with Crippen LogP contribution in [0.4, 0.5) is 0 Å². The summed E-state index contributed by atoms with van der Waals surface area (Å²) in [6.45, 7) is 6.37. The standard InChI is InChI=1S/C17H27N3O3/c1-12(2)11-15(17(22)23)19-16(21)13(3)20(4)10-7-14-5-8-18-9-6-14/h5-6,8-9,12-13,15H,7,10-11H2,1-4H3,(H,19,21)(H,22,23). The number of hydrogen-bond acceptors (Lipinski definition) is 4. The summed E-state index contributed by atoms with van der Waals surface area (Å²) in [5.74, 6) is -1.04. The van der Waals surface area contributed by atoms with Gasteiger partial charge in [0, 0.05) is 18.9 Å². The van der Waals surface area contributed by atoms with Crippen LogP contribution >= 0.6 is 0 Å². The highest BCUT2D eigenvalue weighted by Gasteiger charge is 2.25. The molecule has 128 valence electrons. The molecule has 6 heteroatoms. The normalized spacial score (nSPS) is 13.8. The van der Waals surface area contributed by atoms with Gasteiger partial charge in [-0.1, -0.05) is 13.8 Å². The first-order valence-corrected chi connectivity index (χ1v) is 7.93. The van der Waals surface area contributed by atoms with Crippen molar-refractivity contribution >= 4 is 11.9 Å². The van der Waals surface area contributed by atoms with Crippen molar-refractivity contribution in [2.45, 2.75) is 45.7 Å². The van der Waals surface area contributed by atoms with Crippen molar-refractivity contribution in [3.8, 4) is 0 Å². The Labute approximate surface area is 137 Å². The summed E-state index contributed by atoms with van der Waals surface area (Å²) in [5, 5.41) is 11.8. The molecule has 23 heavy (non-hydrogen) atoms. The van der Waals surface area contributed by atoms with Crippen LogP contribution in [0.5, 0.6) is 0 Å². The molecule has 1 aromatic heterocycles. The van der Waals surface area contributed by atoms with Crippen LogP contribution in [0, 0.1) is 5.92 Å². The molecular weight excluding hydrogens is 294 g/mol. The fourth-order valence-electron chi connectivity index (χ4n) is 2.23. The van der Waals surface area contributed by atoms with E-state index in [1.165, 1.54) is 0 Å². The average Bonchev–Trinajstić information content (AvgIpc) is 2.51. The number of aromatic nitrogens is 1. The van der Waals surface area contributed by atoms with E-state index in [4.69, 9.17) is 0 Å². The molecule has 2 N–H and O–H groups in total. The zero-order valence-electron chi connectivity index (χ0n) is 14.3. The number of hydrogen-bond donors (Lipinski definition) is 2. The van der Waals surface area contributed by atoms with E-state index in [1.807, 2.05) is 37.9 Å². The van der Waals surface area contributed by atoms with Crippen LogP contribution in [0.25, 0.3) is 0 Å². The first-order valence-electron chi connectivity index (χ1n) is 7.93. The lowest BCUT2D eigenvalue weighted by atomic mass is 10.0. The van der Waals surface area contributed by atoms with E-state index in [0.717, 1.165) is 12.0 Å². The van der Waals surface area contributed by atoms with Crippen molar-refractivity contribution in [2.75, 3.05) is 13.6 Å². The maximum absolute atomic E-state index is 12.3. The molecule has 0 fully saturated rings. The SMILES string of the molecule is CC(C)CC(NC(=O)C(C)N(C)CCc1ccncc1)C(=O)O. The monoisotopic (exact) mass is 321 g/mol. The fourth-order valence-corrected chi connectivity index (χ4v) is 2.23. The predicted octanol–water partition coefficient (Wildman–Crippen LogP) is 1.56. The zero-order valence-corrected chi connectivity index (χ0v) is 14.3. The number of carboxylic acid groups (broad SMARTS) is 1. The van der Waals surface area contributed by atoms with Gasteiger partial charge in [-0.15, -0.1) is 0 Å². The van der Waals surface area contributed by atoms with E-state index in [9.17, 15) is 14.7 Å². The van der Waals surface area contributed by atoms with Crippen LogP contribution in [0.15, 0.2) is 24.5 Å². The molecule has 0 aliphatic heterocycles. The second-order valence-electron chi connectivity index (χ2n) is 6.29. The summed E-state index contributed by atoms with van der Waals surface area (Å²) in [6.07, 6.45) is 4.73. The number of aliphatic carboxylic acids is 1. The van der Waals surface area contributed by atoms with Crippen molar-refractivity contribution in [2.24, 2.45) is 5.92 Å². The number of pyridine rings is 1. The zero-order chi connectivity index (χ0) is 17.4.